The summed E-state index contributed by atoms with van der Waals surface area (Å²) in [4.78, 5) is 24.0. The van der Waals surface area contributed by atoms with Gasteiger partial charge in [0.1, 0.15) is 0 Å². The van der Waals surface area contributed by atoms with Gasteiger partial charge < -0.3 is 9.84 Å². The fourth-order valence-corrected chi connectivity index (χ4v) is 4.84. The van der Waals surface area contributed by atoms with E-state index in [1.165, 1.54) is 5.56 Å². The quantitative estimate of drug-likeness (QED) is 0.681. The van der Waals surface area contributed by atoms with Gasteiger partial charge >= 0.3 is 0 Å². The van der Waals surface area contributed by atoms with Gasteiger partial charge in [-0.2, -0.15) is 4.98 Å². The minimum Gasteiger partial charge on any atom is -0.355 e. The van der Waals surface area contributed by atoms with E-state index in [-0.39, 0.29) is 11.8 Å². The zero-order valence-electron chi connectivity index (χ0n) is 16.8. The molecule has 2 fully saturated rings. The van der Waals surface area contributed by atoms with Gasteiger partial charge in [-0.05, 0) is 43.5 Å². The fraction of sp³-hybridized carbons (Fsp3) is 0.391. The topological polar surface area (TPSA) is 84.2 Å². The molecule has 1 N–H and O–H groups in total. The molecule has 2 aliphatic heterocycles. The second-order valence-electron chi connectivity index (χ2n) is 8.01. The summed E-state index contributed by atoms with van der Waals surface area (Å²) in [5.74, 6) is 1.21. The molecule has 154 valence electrons. The number of carbonyl (C=O) groups is 1. The summed E-state index contributed by atoms with van der Waals surface area (Å²) in [6, 6.07) is 15.0. The molecule has 0 radical (unpaired) electrons. The summed E-state index contributed by atoms with van der Waals surface area (Å²) in [5, 5.41) is 7.10. The maximum absolute atomic E-state index is 13.0. The Morgan fingerprint density at radius 3 is 2.93 bits per heavy atom. The van der Waals surface area contributed by atoms with Crippen LogP contribution in [0.2, 0.25) is 0 Å². The highest BCUT2D eigenvalue weighted by molar-refractivity contribution is 5.80. The van der Waals surface area contributed by atoms with Crippen molar-refractivity contribution in [3.63, 3.8) is 0 Å². The Labute approximate surface area is 175 Å². The summed E-state index contributed by atoms with van der Waals surface area (Å²) in [6.45, 7) is 1.57. The zero-order chi connectivity index (χ0) is 20.3. The summed E-state index contributed by atoms with van der Waals surface area (Å²) in [7, 11) is 0. The number of fused-ring (bicyclic) bond motifs is 1. The van der Waals surface area contributed by atoms with E-state index in [2.05, 4.69) is 49.6 Å². The van der Waals surface area contributed by atoms with Crippen LogP contribution in [0.15, 0.2) is 59.4 Å². The second-order valence-corrected chi connectivity index (χ2v) is 8.01. The Bertz CT molecular complexity index is 991. The van der Waals surface area contributed by atoms with E-state index in [1.54, 1.807) is 12.4 Å². The molecule has 1 amide bonds. The average Bonchev–Trinajstić information content (AvgIpc) is 3.52. The van der Waals surface area contributed by atoms with Gasteiger partial charge in [0.2, 0.25) is 17.6 Å². The van der Waals surface area contributed by atoms with Crippen LogP contribution < -0.4 is 5.32 Å². The Morgan fingerprint density at radius 2 is 2.10 bits per heavy atom. The van der Waals surface area contributed by atoms with Crippen LogP contribution in [0.4, 0.5) is 0 Å². The first-order chi connectivity index (χ1) is 14.8. The van der Waals surface area contributed by atoms with Gasteiger partial charge in [0.25, 0.3) is 0 Å². The Kier molecular flexibility index (Phi) is 5.27. The van der Waals surface area contributed by atoms with Crippen molar-refractivity contribution < 1.29 is 9.32 Å². The van der Waals surface area contributed by atoms with Crippen LogP contribution in [0.1, 0.15) is 36.8 Å². The lowest BCUT2D eigenvalue weighted by Crippen LogP contribution is -2.38. The molecule has 2 aliphatic rings. The maximum atomic E-state index is 13.0. The van der Waals surface area contributed by atoms with Crippen LogP contribution in [0.5, 0.6) is 0 Å². The highest BCUT2D eigenvalue weighted by atomic mass is 16.5. The highest BCUT2D eigenvalue weighted by Crippen LogP contribution is 2.44. The van der Waals surface area contributed by atoms with Gasteiger partial charge in [-0.1, -0.05) is 35.5 Å². The van der Waals surface area contributed by atoms with Crippen molar-refractivity contribution in [1.82, 2.24) is 25.3 Å². The molecule has 0 saturated carbocycles. The average molecular weight is 403 g/mol. The molecule has 0 bridgehead atoms. The summed E-state index contributed by atoms with van der Waals surface area (Å²) in [5.41, 5.74) is 2.13. The molecule has 0 aliphatic carbocycles. The van der Waals surface area contributed by atoms with Crippen molar-refractivity contribution in [3.8, 4) is 11.4 Å². The van der Waals surface area contributed by atoms with Gasteiger partial charge in [0, 0.05) is 43.0 Å². The van der Waals surface area contributed by atoms with Crippen LogP contribution in [0, 0.1) is 5.92 Å². The number of carbonyl (C=O) groups excluding carboxylic acids is 1. The Morgan fingerprint density at radius 1 is 1.20 bits per heavy atom. The number of benzene rings is 1. The fourth-order valence-electron chi connectivity index (χ4n) is 4.84. The SMILES string of the molecule is O=C(NCCc1nc(-c2cccnc2)no1)[C@H]1C[C@@H](c2ccccc2)N2CCC[C@H]12. The molecule has 4 heterocycles. The minimum atomic E-state index is 0.0337. The van der Waals surface area contributed by atoms with Crippen LogP contribution in [-0.4, -0.2) is 45.1 Å². The molecule has 1 aromatic carbocycles. The second kappa shape index (κ2) is 8.36. The Hall–Kier alpha value is -3.06. The third-order valence-electron chi connectivity index (χ3n) is 6.23. The van der Waals surface area contributed by atoms with Crippen molar-refractivity contribution >= 4 is 5.91 Å². The predicted octanol–water partition coefficient (Wildman–Crippen LogP) is 3.02. The summed E-state index contributed by atoms with van der Waals surface area (Å²) >= 11 is 0. The standard InChI is InChI=1S/C23H25N5O2/c29-23(25-12-10-21-26-22(27-30-21)17-8-4-11-24-15-17)18-14-20(16-6-2-1-3-7-16)28-13-5-9-19(18)28/h1-4,6-8,11,15,18-20H,5,9-10,12-14H2,(H,25,29)/t18-,19+,20-/m0/s1. The van der Waals surface area contributed by atoms with Gasteiger partial charge in [-0.25, -0.2) is 0 Å². The van der Waals surface area contributed by atoms with E-state index < -0.39 is 0 Å². The third kappa shape index (κ3) is 3.73. The molecule has 0 spiro atoms. The number of amides is 1. The zero-order valence-corrected chi connectivity index (χ0v) is 16.8. The molecule has 5 rings (SSSR count). The van der Waals surface area contributed by atoms with Gasteiger partial charge in [-0.3, -0.25) is 14.7 Å². The molecule has 0 unspecified atom stereocenters. The first kappa shape index (κ1) is 18.9. The van der Waals surface area contributed by atoms with E-state index in [1.807, 2.05) is 18.2 Å². The number of nitrogens with zero attached hydrogens (tertiary/aromatic N) is 4. The van der Waals surface area contributed by atoms with Gasteiger partial charge in [0.05, 0.1) is 5.92 Å². The molecule has 7 heteroatoms. The predicted molar refractivity (Wildman–Crippen MR) is 111 cm³/mol. The molecule has 7 nitrogen and oxygen atoms in total. The smallest absolute Gasteiger partial charge is 0.228 e. The molecule has 2 aromatic heterocycles. The lowest BCUT2D eigenvalue weighted by Gasteiger charge is -2.24. The monoisotopic (exact) mass is 403 g/mol. The number of hydrogen-bond acceptors (Lipinski definition) is 6. The van der Waals surface area contributed by atoms with Crippen LogP contribution in [0.25, 0.3) is 11.4 Å². The first-order valence-corrected chi connectivity index (χ1v) is 10.6. The van der Waals surface area contributed by atoms with Crippen molar-refractivity contribution in [2.45, 2.75) is 37.8 Å². The van der Waals surface area contributed by atoms with Crippen molar-refractivity contribution in [2.75, 3.05) is 13.1 Å². The number of nitrogens with one attached hydrogen (secondary N) is 1. The lowest BCUT2D eigenvalue weighted by molar-refractivity contribution is -0.125. The molecule has 30 heavy (non-hydrogen) atoms. The number of hydrogen-bond donors (Lipinski definition) is 1. The minimum absolute atomic E-state index is 0.0337. The van der Waals surface area contributed by atoms with E-state index in [0.717, 1.165) is 31.4 Å². The number of rotatable bonds is 6. The van der Waals surface area contributed by atoms with Crippen molar-refractivity contribution in [1.29, 1.82) is 0 Å². The maximum Gasteiger partial charge on any atom is 0.228 e. The van der Waals surface area contributed by atoms with Crippen molar-refractivity contribution in [3.05, 3.63) is 66.3 Å². The van der Waals surface area contributed by atoms with Crippen molar-refractivity contribution in [2.24, 2.45) is 5.92 Å². The Balaban J connectivity index is 1.19. The normalized spacial score (nSPS) is 23.4. The largest absolute Gasteiger partial charge is 0.355 e. The first-order valence-electron chi connectivity index (χ1n) is 10.6. The summed E-state index contributed by atoms with van der Waals surface area (Å²) < 4.78 is 5.32. The van der Waals surface area contributed by atoms with Crippen LogP contribution in [-0.2, 0) is 11.2 Å². The van der Waals surface area contributed by atoms with Gasteiger partial charge in [-0.15, -0.1) is 0 Å². The lowest BCUT2D eigenvalue weighted by atomic mass is 9.93. The molecule has 3 aromatic rings. The van der Waals surface area contributed by atoms with E-state index in [0.29, 0.717) is 36.8 Å². The molecule has 2 saturated heterocycles. The van der Waals surface area contributed by atoms with E-state index in [4.69, 9.17) is 4.52 Å². The third-order valence-corrected chi connectivity index (χ3v) is 6.23. The summed E-state index contributed by atoms with van der Waals surface area (Å²) in [6.07, 6.45) is 7.06. The number of aromatic nitrogens is 3. The van der Waals surface area contributed by atoms with E-state index in [9.17, 15) is 4.79 Å². The number of pyridine rings is 1. The highest BCUT2D eigenvalue weighted by Gasteiger charge is 2.46. The molecular weight excluding hydrogens is 378 g/mol. The van der Waals surface area contributed by atoms with E-state index >= 15 is 0 Å². The van der Waals surface area contributed by atoms with Crippen LogP contribution >= 0.6 is 0 Å². The molecular formula is C23H25N5O2. The van der Waals surface area contributed by atoms with Gasteiger partial charge in [0.15, 0.2) is 0 Å². The molecule has 3 atom stereocenters. The van der Waals surface area contributed by atoms with Crippen LogP contribution in [0.3, 0.4) is 0 Å².